The number of nitrogens with one attached hydrogen (secondary N) is 1. The summed E-state index contributed by atoms with van der Waals surface area (Å²) in [4.78, 5) is 0. The number of sulfone groups is 1. The maximum atomic E-state index is 13.3. The molecule has 0 aliphatic heterocycles. The number of hydrogen-bond acceptors (Lipinski definition) is 3. The van der Waals surface area contributed by atoms with Gasteiger partial charge in [0, 0.05) is 12.8 Å². The molecule has 0 aliphatic rings. The normalized spacial score (nSPS) is 12.5. The van der Waals surface area contributed by atoms with Crippen LogP contribution < -0.4 is 5.32 Å². The molecule has 1 N–H and O–H groups in total. The first-order valence-electron chi connectivity index (χ1n) is 4.88. The second-order valence-corrected chi connectivity index (χ2v) is 6.01. The Bertz CT molecular complexity index is 525. The summed E-state index contributed by atoms with van der Waals surface area (Å²) < 4.78 is 71.6. The highest BCUT2D eigenvalue weighted by Crippen LogP contribution is 2.31. The lowest BCUT2D eigenvalue weighted by atomic mass is 10.2. The zero-order chi connectivity index (χ0) is 14.0. The van der Waals surface area contributed by atoms with Crippen LogP contribution in [-0.2, 0) is 16.0 Å². The van der Waals surface area contributed by atoms with Gasteiger partial charge in [0.2, 0.25) is 0 Å². The third-order valence-corrected chi connectivity index (χ3v) is 3.03. The van der Waals surface area contributed by atoms with Gasteiger partial charge in [-0.2, -0.15) is 13.2 Å². The van der Waals surface area contributed by atoms with E-state index in [2.05, 4.69) is 5.32 Å². The minimum Gasteiger partial charge on any atom is -0.382 e. The van der Waals surface area contributed by atoms with Crippen LogP contribution in [0.2, 0.25) is 0 Å². The Morgan fingerprint density at radius 1 is 1.28 bits per heavy atom. The molecule has 0 heterocycles. The first kappa shape index (κ1) is 14.7. The second kappa shape index (κ2) is 5.13. The smallest absolute Gasteiger partial charge is 0.382 e. The minimum absolute atomic E-state index is 0.0683. The number of anilines is 1. The molecule has 8 heteroatoms. The van der Waals surface area contributed by atoms with Crippen molar-refractivity contribution in [3.63, 3.8) is 0 Å². The van der Waals surface area contributed by atoms with Crippen molar-refractivity contribution in [1.82, 2.24) is 0 Å². The van der Waals surface area contributed by atoms with Gasteiger partial charge in [0.05, 0.1) is 17.0 Å². The van der Waals surface area contributed by atoms with Crippen molar-refractivity contribution in [2.24, 2.45) is 0 Å². The Morgan fingerprint density at radius 2 is 1.89 bits per heavy atom. The van der Waals surface area contributed by atoms with Crippen LogP contribution >= 0.6 is 0 Å². The van der Waals surface area contributed by atoms with Gasteiger partial charge in [-0.25, -0.2) is 12.8 Å². The Kier molecular flexibility index (Phi) is 4.20. The molecule has 3 nitrogen and oxygen atoms in total. The molecular formula is C10H11F4NO2S. The summed E-state index contributed by atoms with van der Waals surface area (Å²) in [5.41, 5.74) is -1.25. The van der Waals surface area contributed by atoms with Gasteiger partial charge in [-0.3, -0.25) is 0 Å². The van der Waals surface area contributed by atoms with Gasteiger partial charge in [-0.05, 0) is 18.2 Å². The van der Waals surface area contributed by atoms with Crippen molar-refractivity contribution in [2.45, 2.75) is 6.18 Å². The van der Waals surface area contributed by atoms with E-state index in [0.29, 0.717) is 6.07 Å². The molecule has 0 fully saturated rings. The van der Waals surface area contributed by atoms with Crippen LogP contribution in [0.15, 0.2) is 18.2 Å². The summed E-state index contributed by atoms with van der Waals surface area (Å²) in [6.45, 7) is -0.0683. The maximum absolute atomic E-state index is 13.3. The van der Waals surface area contributed by atoms with Crippen molar-refractivity contribution in [1.29, 1.82) is 0 Å². The monoisotopic (exact) mass is 285 g/mol. The molecule has 1 rings (SSSR count). The lowest BCUT2D eigenvalue weighted by Gasteiger charge is -2.10. The lowest BCUT2D eigenvalue weighted by Crippen LogP contribution is -2.15. The van der Waals surface area contributed by atoms with Crippen LogP contribution in [0.4, 0.5) is 23.2 Å². The molecule has 1 aromatic rings. The molecule has 0 radical (unpaired) electrons. The van der Waals surface area contributed by atoms with E-state index in [1.54, 1.807) is 0 Å². The van der Waals surface area contributed by atoms with Gasteiger partial charge in [0.1, 0.15) is 15.7 Å². The summed E-state index contributed by atoms with van der Waals surface area (Å²) in [7, 11) is -3.20. The second-order valence-electron chi connectivity index (χ2n) is 3.75. The number of hydrogen-bond donors (Lipinski definition) is 1. The zero-order valence-corrected chi connectivity index (χ0v) is 10.2. The molecule has 18 heavy (non-hydrogen) atoms. The molecule has 0 bridgehead atoms. The Labute approximate surface area is 102 Å². The van der Waals surface area contributed by atoms with Gasteiger partial charge in [0.25, 0.3) is 0 Å². The Hall–Kier alpha value is -1.31. The van der Waals surface area contributed by atoms with Gasteiger partial charge < -0.3 is 5.32 Å². The fraction of sp³-hybridized carbons (Fsp3) is 0.400. The Balaban J connectivity index is 2.75. The molecule has 0 amide bonds. The predicted molar refractivity (Wildman–Crippen MR) is 59.6 cm³/mol. The van der Waals surface area contributed by atoms with Crippen LogP contribution in [0.5, 0.6) is 0 Å². The summed E-state index contributed by atoms with van der Waals surface area (Å²) in [5.74, 6) is -1.30. The van der Waals surface area contributed by atoms with Gasteiger partial charge in [0.15, 0.2) is 0 Å². The summed E-state index contributed by atoms with van der Waals surface area (Å²) >= 11 is 0. The molecule has 0 aromatic heterocycles. The van der Waals surface area contributed by atoms with Crippen molar-refractivity contribution in [2.75, 3.05) is 23.9 Å². The highest BCUT2D eigenvalue weighted by Gasteiger charge is 2.31. The topological polar surface area (TPSA) is 46.2 Å². The quantitative estimate of drug-likeness (QED) is 0.863. The standard InChI is InChI=1S/C10H11F4NO2S/c1-18(16,17)5-4-15-9-3-2-7(6-8(9)11)10(12,13)14/h2-3,6,15H,4-5H2,1H3. The van der Waals surface area contributed by atoms with Gasteiger partial charge in [-0.1, -0.05) is 0 Å². The van der Waals surface area contributed by atoms with Crippen LogP contribution in [0.25, 0.3) is 0 Å². The van der Waals surface area contributed by atoms with E-state index in [4.69, 9.17) is 0 Å². The van der Waals surface area contributed by atoms with E-state index in [9.17, 15) is 26.0 Å². The highest BCUT2D eigenvalue weighted by atomic mass is 32.2. The predicted octanol–water partition coefficient (Wildman–Crippen LogP) is 2.30. The number of rotatable bonds is 4. The molecule has 0 atom stereocenters. The van der Waals surface area contributed by atoms with E-state index >= 15 is 0 Å². The van der Waals surface area contributed by atoms with E-state index in [1.807, 2.05) is 0 Å². The number of alkyl halides is 3. The molecule has 0 unspecified atom stereocenters. The molecule has 102 valence electrons. The fourth-order valence-electron chi connectivity index (χ4n) is 1.21. The van der Waals surface area contributed by atoms with E-state index in [0.717, 1.165) is 18.4 Å². The average molecular weight is 285 g/mol. The SMILES string of the molecule is CS(=O)(=O)CCNc1ccc(C(F)(F)F)cc1F. The zero-order valence-electron chi connectivity index (χ0n) is 9.38. The van der Waals surface area contributed by atoms with Crippen LogP contribution in [-0.4, -0.2) is 27.0 Å². The molecule has 0 saturated heterocycles. The molecule has 0 aliphatic carbocycles. The van der Waals surface area contributed by atoms with Crippen LogP contribution in [0, 0.1) is 5.82 Å². The molecular weight excluding hydrogens is 274 g/mol. The van der Waals surface area contributed by atoms with E-state index in [-0.39, 0.29) is 18.0 Å². The average Bonchev–Trinajstić information content (AvgIpc) is 2.17. The first-order valence-corrected chi connectivity index (χ1v) is 6.94. The van der Waals surface area contributed by atoms with Crippen LogP contribution in [0.1, 0.15) is 5.56 Å². The molecule has 0 spiro atoms. The summed E-state index contributed by atoms with van der Waals surface area (Å²) in [5, 5.41) is 2.43. The number of halogens is 4. The van der Waals surface area contributed by atoms with Crippen molar-refractivity contribution >= 4 is 15.5 Å². The van der Waals surface area contributed by atoms with Crippen molar-refractivity contribution < 1.29 is 26.0 Å². The fourth-order valence-corrected chi connectivity index (χ4v) is 1.68. The Morgan fingerprint density at radius 3 is 2.33 bits per heavy atom. The van der Waals surface area contributed by atoms with Gasteiger partial charge in [-0.15, -0.1) is 0 Å². The molecule has 1 aromatic carbocycles. The third kappa shape index (κ3) is 4.52. The van der Waals surface area contributed by atoms with E-state index < -0.39 is 27.4 Å². The lowest BCUT2D eigenvalue weighted by molar-refractivity contribution is -0.137. The first-order chi connectivity index (χ1) is 8.09. The minimum atomic E-state index is -4.61. The number of benzene rings is 1. The maximum Gasteiger partial charge on any atom is 0.416 e. The van der Waals surface area contributed by atoms with E-state index in [1.165, 1.54) is 0 Å². The van der Waals surface area contributed by atoms with Crippen LogP contribution in [0.3, 0.4) is 0 Å². The molecule has 0 saturated carbocycles. The van der Waals surface area contributed by atoms with Crippen molar-refractivity contribution in [3.8, 4) is 0 Å². The highest BCUT2D eigenvalue weighted by molar-refractivity contribution is 7.90. The van der Waals surface area contributed by atoms with Crippen molar-refractivity contribution in [3.05, 3.63) is 29.6 Å². The third-order valence-electron chi connectivity index (χ3n) is 2.08. The largest absolute Gasteiger partial charge is 0.416 e. The van der Waals surface area contributed by atoms with Gasteiger partial charge >= 0.3 is 6.18 Å². The summed E-state index contributed by atoms with van der Waals surface area (Å²) in [6.07, 6.45) is -3.59. The summed E-state index contributed by atoms with van der Waals surface area (Å²) in [6, 6.07) is 2.02.